The van der Waals surface area contributed by atoms with E-state index >= 15 is 0 Å². The Morgan fingerprint density at radius 2 is 2.00 bits per heavy atom. The summed E-state index contributed by atoms with van der Waals surface area (Å²) < 4.78 is 0. The summed E-state index contributed by atoms with van der Waals surface area (Å²) in [7, 11) is 0. The first kappa shape index (κ1) is 12.7. The largest absolute Gasteiger partial charge is 0.513 e. The first-order valence-electron chi connectivity index (χ1n) is 6.44. The zero-order valence-corrected chi connectivity index (χ0v) is 11.4. The molecule has 0 aliphatic carbocycles. The molecule has 1 aromatic heterocycles. The molecule has 0 radical (unpaired) electrons. The van der Waals surface area contributed by atoms with E-state index in [1.807, 2.05) is 0 Å². The van der Waals surface area contributed by atoms with Crippen LogP contribution in [0.25, 0.3) is 10.9 Å². The van der Waals surface area contributed by atoms with Crippen molar-refractivity contribution < 1.29 is 5.11 Å². The van der Waals surface area contributed by atoms with Crippen LogP contribution in [0.5, 0.6) is 0 Å². The van der Waals surface area contributed by atoms with E-state index in [0.717, 1.165) is 12.8 Å². The van der Waals surface area contributed by atoms with Crippen molar-refractivity contribution in [3.05, 3.63) is 46.9 Å². The lowest BCUT2D eigenvalue weighted by molar-refractivity contribution is 0.387. The summed E-state index contributed by atoms with van der Waals surface area (Å²) in [6.07, 6.45) is 4.69. The van der Waals surface area contributed by atoms with Crippen molar-refractivity contribution in [1.82, 2.24) is 4.98 Å². The van der Waals surface area contributed by atoms with Crippen LogP contribution in [-0.2, 0) is 6.42 Å². The normalized spacial score (nSPS) is 11.1. The molecule has 0 atom stereocenters. The molecule has 2 rings (SSSR count). The Bertz CT molecular complexity index is 593. The van der Waals surface area contributed by atoms with E-state index < -0.39 is 0 Å². The predicted octanol–water partition coefficient (Wildman–Crippen LogP) is 4.49. The van der Waals surface area contributed by atoms with E-state index in [2.05, 4.69) is 44.6 Å². The summed E-state index contributed by atoms with van der Waals surface area (Å²) in [5.41, 5.74) is 6.58. The second kappa shape index (κ2) is 4.89. The summed E-state index contributed by atoms with van der Waals surface area (Å²) in [4.78, 5) is 3.38. The van der Waals surface area contributed by atoms with Gasteiger partial charge in [0.1, 0.15) is 0 Å². The number of aryl methyl sites for hydroxylation is 4. The van der Waals surface area contributed by atoms with Crippen LogP contribution in [0.3, 0.4) is 0 Å². The van der Waals surface area contributed by atoms with Crippen molar-refractivity contribution in [1.29, 1.82) is 0 Å². The maximum Gasteiger partial charge on any atom is 0.0851 e. The molecule has 96 valence electrons. The van der Waals surface area contributed by atoms with Crippen LogP contribution in [0.2, 0.25) is 0 Å². The number of aliphatic hydroxyl groups is 1. The Balaban J connectivity index is 2.37. The van der Waals surface area contributed by atoms with Crippen LogP contribution in [-0.4, -0.2) is 10.1 Å². The van der Waals surface area contributed by atoms with Crippen LogP contribution >= 0.6 is 0 Å². The van der Waals surface area contributed by atoms with Crippen molar-refractivity contribution in [2.24, 2.45) is 0 Å². The fraction of sp³-hybridized carbons (Fsp3) is 0.375. The molecule has 1 heterocycles. The molecule has 18 heavy (non-hydrogen) atoms. The molecule has 0 saturated carbocycles. The quantitative estimate of drug-likeness (QED) is 0.763. The van der Waals surface area contributed by atoms with Gasteiger partial charge in [-0.25, -0.2) is 0 Å². The lowest BCUT2D eigenvalue weighted by atomic mass is 9.97. The Morgan fingerprint density at radius 3 is 2.67 bits per heavy atom. The van der Waals surface area contributed by atoms with Gasteiger partial charge in [-0.3, -0.25) is 0 Å². The number of fused-ring (bicyclic) bond motifs is 1. The number of allylic oxidation sites excluding steroid dienone is 1. The maximum absolute atomic E-state index is 9.13. The van der Waals surface area contributed by atoms with Crippen LogP contribution in [0.1, 0.15) is 35.1 Å². The Morgan fingerprint density at radius 1 is 1.28 bits per heavy atom. The number of aromatic nitrogens is 1. The van der Waals surface area contributed by atoms with Gasteiger partial charge in [-0.2, -0.15) is 0 Å². The first-order chi connectivity index (χ1) is 8.50. The highest BCUT2D eigenvalue weighted by atomic mass is 16.3. The number of rotatable bonds is 4. The van der Waals surface area contributed by atoms with Gasteiger partial charge < -0.3 is 10.1 Å². The zero-order valence-electron chi connectivity index (χ0n) is 11.4. The molecule has 0 aliphatic heterocycles. The number of H-pyrrole nitrogens is 1. The van der Waals surface area contributed by atoms with Crippen LogP contribution in [0, 0.1) is 20.8 Å². The molecule has 0 unspecified atom stereocenters. The summed E-state index contributed by atoms with van der Waals surface area (Å²) in [6.45, 7) is 10.0. The third-order valence-corrected chi connectivity index (χ3v) is 3.67. The Kier molecular flexibility index (Phi) is 3.46. The first-order valence-corrected chi connectivity index (χ1v) is 6.44. The fourth-order valence-corrected chi connectivity index (χ4v) is 2.59. The van der Waals surface area contributed by atoms with E-state index in [9.17, 15) is 0 Å². The molecule has 0 spiro atoms. The minimum absolute atomic E-state index is 0.277. The van der Waals surface area contributed by atoms with Gasteiger partial charge in [0.25, 0.3) is 0 Å². The van der Waals surface area contributed by atoms with E-state index in [1.165, 1.54) is 33.2 Å². The summed E-state index contributed by atoms with van der Waals surface area (Å²) in [5, 5.41) is 10.5. The van der Waals surface area contributed by atoms with Crippen molar-refractivity contribution in [3.63, 3.8) is 0 Å². The van der Waals surface area contributed by atoms with Gasteiger partial charge in [-0.05, 0) is 55.9 Å². The lowest BCUT2D eigenvalue weighted by Crippen LogP contribution is -1.90. The summed E-state index contributed by atoms with van der Waals surface area (Å²) in [6, 6.07) is 2.23. The highest BCUT2D eigenvalue weighted by Gasteiger charge is 2.10. The van der Waals surface area contributed by atoms with E-state index in [1.54, 1.807) is 0 Å². The number of hydrogen-bond donors (Lipinski definition) is 2. The minimum Gasteiger partial charge on any atom is -0.513 e. The average Bonchev–Trinajstić information content (AvgIpc) is 2.70. The molecule has 1 aromatic carbocycles. The van der Waals surface area contributed by atoms with Crippen molar-refractivity contribution in [2.45, 2.75) is 40.0 Å². The lowest BCUT2D eigenvalue weighted by Gasteiger charge is -2.07. The molecular weight excluding hydrogens is 222 g/mol. The van der Waals surface area contributed by atoms with Crippen molar-refractivity contribution in [2.75, 3.05) is 0 Å². The third-order valence-electron chi connectivity index (χ3n) is 3.67. The fourth-order valence-electron chi connectivity index (χ4n) is 2.59. The predicted molar refractivity (Wildman–Crippen MR) is 77.2 cm³/mol. The van der Waals surface area contributed by atoms with Gasteiger partial charge in [-0.15, -0.1) is 0 Å². The SMILES string of the molecule is C=C(O)CCCc1c[nH]c2c(C)cc(C)c(C)c12. The molecular formula is C16H21NO. The van der Waals surface area contributed by atoms with E-state index in [4.69, 9.17) is 5.11 Å². The number of benzene rings is 1. The zero-order chi connectivity index (χ0) is 13.3. The second-order valence-electron chi connectivity index (χ2n) is 5.12. The topological polar surface area (TPSA) is 36.0 Å². The van der Waals surface area contributed by atoms with Gasteiger partial charge in [-0.1, -0.05) is 12.6 Å². The van der Waals surface area contributed by atoms with Gasteiger partial charge in [0.15, 0.2) is 0 Å². The molecule has 0 amide bonds. The second-order valence-corrected chi connectivity index (χ2v) is 5.12. The minimum atomic E-state index is 0.277. The molecule has 2 N–H and O–H groups in total. The maximum atomic E-state index is 9.13. The molecule has 0 aliphatic rings. The number of aromatic amines is 1. The van der Waals surface area contributed by atoms with Gasteiger partial charge in [0.2, 0.25) is 0 Å². The number of hydrogen-bond acceptors (Lipinski definition) is 1. The summed E-state index contributed by atoms with van der Waals surface area (Å²) in [5.74, 6) is 0.277. The van der Waals surface area contributed by atoms with E-state index in [0.29, 0.717) is 6.42 Å². The third kappa shape index (κ3) is 2.28. The number of nitrogens with one attached hydrogen (secondary N) is 1. The molecule has 2 heteroatoms. The van der Waals surface area contributed by atoms with Crippen LogP contribution in [0.4, 0.5) is 0 Å². The smallest absolute Gasteiger partial charge is 0.0851 e. The molecule has 2 nitrogen and oxygen atoms in total. The molecule has 2 aromatic rings. The Labute approximate surface area is 108 Å². The highest BCUT2D eigenvalue weighted by Crippen LogP contribution is 2.28. The van der Waals surface area contributed by atoms with E-state index in [-0.39, 0.29) is 5.76 Å². The average molecular weight is 243 g/mol. The Hall–Kier alpha value is -1.70. The highest BCUT2D eigenvalue weighted by molar-refractivity contribution is 5.90. The molecule has 0 fully saturated rings. The van der Waals surface area contributed by atoms with Crippen LogP contribution < -0.4 is 0 Å². The van der Waals surface area contributed by atoms with Crippen molar-refractivity contribution >= 4 is 10.9 Å². The van der Waals surface area contributed by atoms with Crippen LogP contribution in [0.15, 0.2) is 24.6 Å². The van der Waals surface area contributed by atoms with Crippen molar-refractivity contribution in [3.8, 4) is 0 Å². The molecule has 0 saturated heterocycles. The monoisotopic (exact) mass is 243 g/mol. The molecule has 0 bridgehead atoms. The number of aliphatic hydroxyl groups excluding tert-OH is 1. The van der Waals surface area contributed by atoms with Gasteiger partial charge in [0.05, 0.1) is 5.76 Å². The summed E-state index contributed by atoms with van der Waals surface area (Å²) >= 11 is 0. The standard InChI is InChI=1S/C16H21NO/c1-10-8-11(2)16-15(13(10)4)14(9-17-16)7-5-6-12(3)18/h8-9,17-18H,3,5-7H2,1-2,4H3. The van der Waals surface area contributed by atoms with Gasteiger partial charge >= 0.3 is 0 Å². The van der Waals surface area contributed by atoms with Gasteiger partial charge in [0, 0.05) is 23.5 Å².